The van der Waals surface area contributed by atoms with Crippen molar-refractivity contribution in [2.75, 3.05) is 28.4 Å². The van der Waals surface area contributed by atoms with Crippen LogP contribution in [0.2, 0.25) is 5.28 Å². The van der Waals surface area contributed by atoms with Gasteiger partial charge in [-0.3, -0.25) is 27.8 Å². The minimum Gasteiger partial charge on any atom is -0.504 e. The molecule has 4 aromatic carbocycles. The molecule has 0 aliphatic carbocycles. The number of hydrogen-bond acceptors (Lipinski definition) is 21. The predicted molar refractivity (Wildman–Crippen MR) is 227 cm³/mol. The van der Waals surface area contributed by atoms with E-state index in [2.05, 4.69) is 56.4 Å². The van der Waals surface area contributed by atoms with Crippen LogP contribution in [0.25, 0.3) is 0 Å². The molecule has 0 amide bonds. The first-order valence-corrected chi connectivity index (χ1v) is 24.7. The van der Waals surface area contributed by atoms with E-state index in [0.29, 0.717) is 30.3 Å². The first-order chi connectivity index (χ1) is 30.0. The van der Waals surface area contributed by atoms with Crippen molar-refractivity contribution < 1.29 is 80.4 Å². The molecular formula is C32H28ClN9O18S5. The number of hydrogen-bond donors (Lipinski definition) is 10. The fourth-order valence-electron chi connectivity index (χ4n) is 4.97. The van der Waals surface area contributed by atoms with Crippen molar-refractivity contribution in [2.45, 2.75) is 19.6 Å². The topological polar surface area (TPSA) is 433 Å². The van der Waals surface area contributed by atoms with Crippen LogP contribution in [0.1, 0.15) is 15.9 Å². The molecule has 5 rings (SSSR count). The van der Waals surface area contributed by atoms with Gasteiger partial charge in [-0.25, -0.2) is 17.4 Å². The number of hydrazone groups is 1. The highest BCUT2D eigenvalue weighted by Gasteiger charge is 2.27. The second-order valence-corrected chi connectivity index (χ2v) is 20.5. The smallest absolute Gasteiger partial charge is 0.337 e. The van der Waals surface area contributed by atoms with Crippen LogP contribution in [0.3, 0.4) is 0 Å². The summed E-state index contributed by atoms with van der Waals surface area (Å²) < 4.78 is 153. The lowest BCUT2D eigenvalue weighted by molar-refractivity contribution is 0.0697. The van der Waals surface area contributed by atoms with Gasteiger partial charge in [0.2, 0.25) is 23.0 Å². The molecule has 1 aromatic heterocycles. The summed E-state index contributed by atoms with van der Waals surface area (Å²) in [5, 5.41) is 47.2. The highest BCUT2D eigenvalue weighted by molar-refractivity contribution is 7.92. The molecule has 0 spiro atoms. The van der Waals surface area contributed by atoms with Gasteiger partial charge < -0.3 is 26.0 Å². The van der Waals surface area contributed by atoms with Crippen molar-refractivity contribution in [2.24, 2.45) is 15.3 Å². The van der Waals surface area contributed by atoms with Crippen LogP contribution in [-0.2, 0) is 54.5 Å². The molecule has 33 heteroatoms. The maximum absolute atomic E-state index is 13.0. The Kier molecular flexibility index (Phi) is 14.4. The number of sulfone groups is 1. The summed E-state index contributed by atoms with van der Waals surface area (Å²) in [6, 6.07) is 12.2. The van der Waals surface area contributed by atoms with Crippen LogP contribution in [-0.4, -0.2) is 116 Å². The van der Waals surface area contributed by atoms with E-state index >= 15 is 0 Å². The molecule has 27 nitrogen and oxygen atoms in total. The summed E-state index contributed by atoms with van der Waals surface area (Å²) in [5.74, 6) is -3.77. The molecule has 0 aliphatic rings. The number of nitrogens with zero attached hydrogens (tertiary/aromatic N) is 6. The van der Waals surface area contributed by atoms with Crippen molar-refractivity contribution in [3.05, 3.63) is 89.2 Å². The molecule has 0 radical (unpaired) electrons. The van der Waals surface area contributed by atoms with Crippen LogP contribution in [0, 0.1) is 0 Å². The van der Waals surface area contributed by atoms with Gasteiger partial charge >= 0.3 is 5.97 Å². The average Bonchev–Trinajstić information content (AvgIpc) is 3.18. The zero-order chi connectivity index (χ0) is 48.3. The van der Waals surface area contributed by atoms with Crippen molar-refractivity contribution in [3.8, 4) is 11.5 Å². The molecule has 346 valence electrons. The number of aromatic carboxylic acids is 1. The van der Waals surface area contributed by atoms with Gasteiger partial charge in [0.15, 0.2) is 31.4 Å². The van der Waals surface area contributed by atoms with Crippen LogP contribution in [0.4, 0.5) is 34.6 Å². The minimum atomic E-state index is -5.36. The Morgan fingerprint density at radius 1 is 0.708 bits per heavy atom. The number of phenols is 2. The third kappa shape index (κ3) is 13.1. The number of carbonyl (C=O) groups is 1. The van der Waals surface area contributed by atoms with Crippen molar-refractivity contribution in [3.63, 3.8) is 0 Å². The number of aromatic nitrogens is 3. The number of anilines is 5. The van der Waals surface area contributed by atoms with Crippen molar-refractivity contribution >= 4 is 114 Å². The number of halogens is 1. The maximum atomic E-state index is 13.0. The van der Waals surface area contributed by atoms with E-state index in [1.807, 2.05) is 0 Å². The number of azo groups is 1. The lowest BCUT2D eigenvalue weighted by atomic mass is 10.2. The summed E-state index contributed by atoms with van der Waals surface area (Å²) in [6.07, 6.45) is 0. The van der Waals surface area contributed by atoms with Crippen molar-refractivity contribution in [1.29, 1.82) is 0 Å². The molecule has 1 unspecified atom stereocenters. The molecule has 0 bridgehead atoms. The van der Waals surface area contributed by atoms with E-state index in [1.165, 1.54) is 24.3 Å². The molecule has 0 saturated heterocycles. The van der Waals surface area contributed by atoms with Gasteiger partial charge in [0, 0.05) is 11.4 Å². The van der Waals surface area contributed by atoms with Gasteiger partial charge in [-0.2, -0.15) is 45.3 Å². The number of rotatable bonds is 17. The molecule has 0 aliphatic heterocycles. The summed E-state index contributed by atoms with van der Waals surface area (Å²) in [7, 11) is -24.0. The van der Waals surface area contributed by atoms with Crippen LogP contribution >= 0.6 is 11.6 Å². The fourth-order valence-corrected chi connectivity index (χ4v) is 8.45. The van der Waals surface area contributed by atoms with Gasteiger partial charge in [0.1, 0.15) is 16.3 Å². The highest BCUT2D eigenvalue weighted by atomic mass is 35.5. The molecule has 1 atom stereocenters. The third-order valence-corrected chi connectivity index (χ3v) is 12.8. The Labute approximate surface area is 371 Å². The second kappa shape index (κ2) is 18.9. The highest BCUT2D eigenvalue weighted by Crippen LogP contribution is 2.39. The summed E-state index contributed by atoms with van der Waals surface area (Å²) in [6.45, 7) is -0.912. The number of benzene rings is 4. The number of carboxylic acid groups (broad SMARTS) is 1. The van der Waals surface area contributed by atoms with E-state index in [1.54, 1.807) is 6.07 Å². The van der Waals surface area contributed by atoms with E-state index < -0.39 is 151 Å². The van der Waals surface area contributed by atoms with E-state index in [-0.39, 0.29) is 5.56 Å². The Morgan fingerprint density at radius 2 is 1.28 bits per heavy atom. The number of phenolic OH excluding ortho intramolecular Hbond substituents is 2. The molecule has 0 fully saturated rings. The van der Waals surface area contributed by atoms with E-state index in [9.17, 15) is 76.2 Å². The first kappa shape index (κ1) is 49.6. The number of carboxylic acids is 1. The Hall–Kier alpha value is -6.46. The largest absolute Gasteiger partial charge is 0.504 e. The Balaban J connectivity index is 1.55. The molecule has 0 saturated carbocycles. The van der Waals surface area contributed by atoms with Gasteiger partial charge in [-0.05, 0) is 54.1 Å². The standard InChI is InChI=1S/C32H28ClN9O18S5/c1-61(47,48)60-9-10-62(49,50)18-12-23(27(44)25(15-18)65(57,58)59)35-32-37-30(33)36-31(38-32)34-22-13-19(64(54,55)56)14-24(26(22)43)40-42-28(16-5-3-2-4-6-16)41-39-21-11-17(63(51,52)53)7-8-20(21)29(45)46/h2-8,11-15,40,43-44H,1,9-10H2,(H,45,46)(H,47,48)(H,51,52,53)(H,54,55,56)(H,57,58,59)(H2,34,35,36,37,38). The average molecular weight is 1020 g/mol. The molecular weight excluding hydrogens is 994 g/mol. The number of nitrogens with one attached hydrogen (secondary N) is 3. The van der Waals surface area contributed by atoms with Gasteiger partial charge in [-0.15, -0.1) is 10.2 Å². The van der Waals surface area contributed by atoms with E-state index in [0.717, 1.165) is 12.1 Å². The summed E-state index contributed by atoms with van der Waals surface area (Å²) >= 11 is 6.05. The quantitative estimate of drug-likeness (QED) is 0.0121. The van der Waals surface area contributed by atoms with Gasteiger partial charge in [0.05, 0.1) is 44.0 Å². The third-order valence-electron chi connectivity index (χ3n) is 7.85. The SMILES string of the molecule is C=S(=O)(O)OCCS(=O)(=O)c1cc(Nc2nc(Cl)nc(Nc3cc(S(=O)(=O)O)cc(NN=C(N=Nc4cc(S(=O)(=O)O)ccc4C(=O)O)c4ccccc4)c3O)n2)c(O)c(S(=O)(=O)O)c1. The van der Waals surface area contributed by atoms with E-state index in [4.69, 9.17) is 11.6 Å². The van der Waals surface area contributed by atoms with Gasteiger partial charge in [-0.1, -0.05) is 30.3 Å². The molecule has 5 aromatic rings. The normalized spacial score (nSPS) is 13.6. The second-order valence-electron chi connectivity index (χ2n) is 12.4. The monoisotopic (exact) mass is 1020 g/mol. The Morgan fingerprint density at radius 3 is 1.83 bits per heavy atom. The van der Waals surface area contributed by atoms with Crippen LogP contribution < -0.4 is 16.1 Å². The molecule has 1 heterocycles. The minimum absolute atomic E-state index is 0.147. The zero-order valence-electron chi connectivity index (χ0n) is 31.8. The fraction of sp³-hybridized carbons (Fsp3) is 0.0625. The number of amidine groups is 1. The lowest BCUT2D eigenvalue weighted by Gasteiger charge is -2.15. The van der Waals surface area contributed by atoms with Crippen molar-refractivity contribution in [1.82, 2.24) is 15.0 Å². The maximum Gasteiger partial charge on any atom is 0.337 e. The Bertz CT molecular complexity index is 3360. The summed E-state index contributed by atoms with van der Waals surface area (Å²) in [4.78, 5) is 19.4. The van der Waals surface area contributed by atoms with Crippen LogP contribution in [0.15, 0.2) is 108 Å². The van der Waals surface area contributed by atoms with Gasteiger partial charge in [0.25, 0.3) is 30.4 Å². The lowest BCUT2D eigenvalue weighted by Crippen LogP contribution is -2.16. The number of aromatic hydroxyl groups is 2. The van der Waals surface area contributed by atoms with Crippen LogP contribution in [0.5, 0.6) is 11.5 Å². The molecule has 10 N–H and O–H groups in total. The molecule has 65 heavy (non-hydrogen) atoms. The summed E-state index contributed by atoms with van der Waals surface area (Å²) in [5.41, 5.74) is -0.676. The zero-order valence-corrected chi connectivity index (χ0v) is 36.6. The first-order valence-electron chi connectivity index (χ1n) is 16.8. The predicted octanol–water partition coefficient (Wildman–Crippen LogP) is 3.31.